The minimum absolute atomic E-state index is 0.198. The van der Waals surface area contributed by atoms with E-state index in [0.717, 1.165) is 16.5 Å². The van der Waals surface area contributed by atoms with E-state index in [2.05, 4.69) is 22.9 Å². The number of hydrogen-bond acceptors (Lipinski definition) is 2. The Labute approximate surface area is 104 Å². The number of Topliss-reactive ketones (excluding diaryl/α,β-unsaturated/α-hetero) is 1. The van der Waals surface area contributed by atoms with Gasteiger partial charge >= 0.3 is 0 Å². The lowest BCUT2D eigenvalue weighted by atomic mass is 10.0. The SMILES string of the molecule is COc1cc(C)c(Br)cc1C(=O)C1CC1C. The summed E-state index contributed by atoms with van der Waals surface area (Å²) in [5.41, 5.74) is 1.78. The third-order valence-corrected chi connectivity index (χ3v) is 4.05. The predicted molar refractivity (Wildman–Crippen MR) is 67.0 cm³/mol. The quantitative estimate of drug-likeness (QED) is 0.792. The van der Waals surface area contributed by atoms with Crippen molar-refractivity contribution in [3.05, 3.63) is 27.7 Å². The molecule has 2 unspecified atom stereocenters. The molecule has 2 nitrogen and oxygen atoms in total. The van der Waals surface area contributed by atoms with Crippen molar-refractivity contribution in [2.24, 2.45) is 11.8 Å². The summed E-state index contributed by atoms with van der Waals surface area (Å²) in [5.74, 6) is 1.62. The zero-order valence-corrected chi connectivity index (χ0v) is 11.3. The van der Waals surface area contributed by atoms with Gasteiger partial charge in [-0.3, -0.25) is 4.79 Å². The van der Waals surface area contributed by atoms with Crippen LogP contribution in [0.5, 0.6) is 5.75 Å². The molecule has 1 saturated carbocycles. The van der Waals surface area contributed by atoms with Crippen LogP contribution in [0.2, 0.25) is 0 Å². The molecule has 0 radical (unpaired) electrons. The summed E-state index contributed by atoms with van der Waals surface area (Å²) in [4.78, 5) is 12.2. The lowest BCUT2D eigenvalue weighted by molar-refractivity contribution is 0.0959. The molecule has 0 amide bonds. The van der Waals surface area contributed by atoms with Gasteiger partial charge in [-0.1, -0.05) is 22.9 Å². The van der Waals surface area contributed by atoms with Gasteiger partial charge in [-0.05, 0) is 37.0 Å². The molecule has 0 N–H and O–H groups in total. The summed E-state index contributed by atoms with van der Waals surface area (Å²) >= 11 is 3.45. The van der Waals surface area contributed by atoms with E-state index in [9.17, 15) is 4.79 Å². The molecule has 1 aliphatic rings. The maximum absolute atomic E-state index is 12.2. The number of ether oxygens (including phenoxy) is 1. The maximum atomic E-state index is 12.2. The molecule has 2 rings (SSSR count). The molecule has 0 heterocycles. The molecule has 0 spiro atoms. The number of carbonyl (C=O) groups excluding carboxylic acids is 1. The highest BCUT2D eigenvalue weighted by molar-refractivity contribution is 9.10. The number of aryl methyl sites for hydroxylation is 1. The van der Waals surface area contributed by atoms with Crippen LogP contribution in [0.15, 0.2) is 16.6 Å². The first-order valence-corrected chi connectivity index (χ1v) is 6.22. The van der Waals surface area contributed by atoms with Crippen molar-refractivity contribution in [3.63, 3.8) is 0 Å². The number of hydrogen-bond donors (Lipinski definition) is 0. The van der Waals surface area contributed by atoms with E-state index in [4.69, 9.17) is 4.74 Å². The van der Waals surface area contributed by atoms with Crippen LogP contribution < -0.4 is 4.74 Å². The molecule has 2 atom stereocenters. The Balaban J connectivity index is 2.39. The smallest absolute Gasteiger partial charge is 0.169 e. The summed E-state index contributed by atoms with van der Waals surface area (Å²) in [6.07, 6.45) is 1.01. The number of halogens is 1. The van der Waals surface area contributed by atoms with Crippen molar-refractivity contribution in [2.45, 2.75) is 20.3 Å². The van der Waals surface area contributed by atoms with Crippen molar-refractivity contribution in [1.82, 2.24) is 0 Å². The zero-order valence-electron chi connectivity index (χ0n) is 9.71. The number of methoxy groups -OCH3 is 1. The summed E-state index contributed by atoms with van der Waals surface area (Å²) in [6, 6.07) is 3.78. The number of carbonyl (C=O) groups is 1. The van der Waals surface area contributed by atoms with Gasteiger partial charge in [-0.25, -0.2) is 0 Å². The lowest BCUT2D eigenvalue weighted by Crippen LogP contribution is -2.06. The Morgan fingerprint density at radius 3 is 2.62 bits per heavy atom. The van der Waals surface area contributed by atoms with E-state index >= 15 is 0 Å². The van der Waals surface area contributed by atoms with Gasteiger partial charge in [0.25, 0.3) is 0 Å². The van der Waals surface area contributed by atoms with Gasteiger partial charge in [0.05, 0.1) is 12.7 Å². The van der Waals surface area contributed by atoms with Crippen LogP contribution in [0.3, 0.4) is 0 Å². The average Bonchev–Trinajstić information content (AvgIpc) is 2.98. The van der Waals surface area contributed by atoms with Gasteiger partial charge in [-0.2, -0.15) is 0 Å². The summed E-state index contributed by atoms with van der Waals surface area (Å²) in [6.45, 7) is 4.10. The van der Waals surface area contributed by atoms with E-state index in [0.29, 0.717) is 17.2 Å². The fraction of sp³-hybridized carbons (Fsp3) is 0.462. The first-order chi connectivity index (χ1) is 7.54. The Bertz CT molecular complexity index is 440. The molecule has 86 valence electrons. The number of benzene rings is 1. The van der Waals surface area contributed by atoms with Crippen LogP contribution in [0.25, 0.3) is 0 Å². The second-order valence-electron chi connectivity index (χ2n) is 4.49. The maximum Gasteiger partial charge on any atom is 0.169 e. The highest BCUT2D eigenvalue weighted by Gasteiger charge is 2.40. The van der Waals surface area contributed by atoms with E-state index in [-0.39, 0.29) is 11.7 Å². The Kier molecular flexibility index (Phi) is 3.06. The molecule has 0 aromatic heterocycles. The van der Waals surface area contributed by atoms with Gasteiger partial charge in [0.1, 0.15) is 5.75 Å². The molecule has 1 aromatic rings. The number of rotatable bonds is 3. The predicted octanol–water partition coefficient (Wildman–Crippen LogP) is 3.60. The minimum Gasteiger partial charge on any atom is -0.496 e. The van der Waals surface area contributed by atoms with Crippen LogP contribution in [-0.2, 0) is 0 Å². The average molecular weight is 283 g/mol. The van der Waals surface area contributed by atoms with Crippen molar-refractivity contribution >= 4 is 21.7 Å². The van der Waals surface area contributed by atoms with Crippen molar-refractivity contribution in [1.29, 1.82) is 0 Å². The van der Waals surface area contributed by atoms with Gasteiger partial charge in [0.2, 0.25) is 0 Å². The van der Waals surface area contributed by atoms with Gasteiger partial charge in [0, 0.05) is 10.4 Å². The zero-order chi connectivity index (χ0) is 11.9. The van der Waals surface area contributed by atoms with Crippen LogP contribution >= 0.6 is 15.9 Å². The molecular formula is C13H15BrO2. The third-order valence-electron chi connectivity index (χ3n) is 3.19. The van der Waals surface area contributed by atoms with E-state index in [1.807, 2.05) is 19.1 Å². The Morgan fingerprint density at radius 2 is 2.12 bits per heavy atom. The van der Waals surface area contributed by atoms with E-state index in [1.165, 1.54) is 0 Å². The number of ketones is 1. The summed E-state index contributed by atoms with van der Waals surface area (Å²) in [7, 11) is 1.61. The molecule has 3 heteroatoms. The third kappa shape index (κ3) is 2.01. The van der Waals surface area contributed by atoms with Crippen LogP contribution in [0.1, 0.15) is 29.3 Å². The topological polar surface area (TPSA) is 26.3 Å². The summed E-state index contributed by atoms with van der Waals surface area (Å²) in [5, 5.41) is 0. The van der Waals surface area contributed by atoms with Crippen molar-refractivity contribution in [3.8, 4) is 5.75 Å². The molecule has 1 aliphatic carbocycles. The van der Waals surface area contributed by atoms with E-state index < -0.39 is 0 Å². The van der Waals surface area contributed by atoms with Gasteiger partial charge < -0.3 is 4.74 Å². The Hall–Kier alpha value is -0.830. The largest absolute Gasteiger partial charge is 0.496 e. The Morgan fingerprint density at radius 1 is 1.50 bits per heavy atom. The molecular weight excluding hydrogens is 268 g/mol. The normalized spacial score (nSPS) is 23.0. The molecule has 0 saturated heterocycles. The highest BCUT2D eigenvalue weighted by atomic mass is 79.9. The molecule has 0 bridgehead atoms. The first kappa shape index (κ1) is 11.6. The van der Waals surface area contributed by atoms with Crippen LogP contribution in [-0.4, -0.2) is 12.9 Å². The van der Waals surface area contributed by atoms with Crippen molar-refractivity contribution < 1.29 is 9.53 Å². The first-order valence-electron chi connectivity index (χ1n) is 5.43. The molecule has 16 heavy (non-hydrogen) atoms. The second-order valence-corrected chi connectivity index (χ2v) is 5.34. The van der Waals surface area contributed by atoms with E-state index in [1.54, 1.807) is 7.11 Å². The lowest BCUT2D eigenvalue weighted by Gasteiger charge is -2.10. The van der Waals surface area contributed by atoms with Crippen LogP contribution in [0.4, 0.5) is 0 Å². The summed E-state index contributed by atoms with van der Waals surface area (Å²) < 4.78 is 6.24. The van der Waals surface area contributed by atoms with Gasteiger partial charge in [-0.15, -0.1) is 0 Å². The standard InChI is InChI=1S/C13H15BrO2/c1-7-4-9(7)13(15)10-6-11(14)8(2)5-12(10)16-3/h5-7,9H,4H2,1-3H3. The monoisotopic (exact) mass is 282 g/mol. The van der Waals surface area contributed by atoms with Crippen LogP contribution in [0, 0.1) is 18.8 Å². The molecule has 1 fully saturated rings. The molecule has 0 aliphatic heterocycles. The minimum atomic E-state index is 0.198. The fourth-order valence-corrected chi connectivity index (χ4v) is 2.25. The molecule has 1 aromatic carbocycles. The van der Waals surface area contributed by atoms with Crippen molar-refractivity contribution in [2.75, 3.05) is 7.11 Å². The highest BCUT2D eigenvalue weighted by Crippen LogP contribution is 2.42. The fourth-order valence-electron chi connectivity index (χ4n) is 1.90. The second kappa shape index (κ2) is 4.21. The van der Waals surface area contributed by atoms with Gasteiger partial charge in [0.15, 0.2) is 5.78 Å².